The molecule has 7 heteroatoms. The van der Waals surface area contributed by atoms with E-state index >= 15 is 0 Å². The van der Waals surface area contributed by atoms with Gasteiger partial charge in [-0.15, -0.1) is 0 Å². The topological polar surface area (TPSA) is 84.5 Å². The number of hydrogen-bond donors (Lipinski definition) is 3. The summed E-state index contributed by atoms with van der Waals surface area (Å²) in [7, 11) is 5.83. The Balaban J connectivity index is 2.10. The molecule has 4 N–H and O–H groups in total. The third-order valence-corrected chi connectivity index (χ3v) is 4.11. The molecule has 1 saturated heterocycles. The lowest BCUT2D eigenvalue weighted by Gasteiger charge is -2.28. The number of nitrogens with one attached hydrogen (secondary N) is 2. The average molecular weight is 283 g/mol. The summed E-state index contributed by atoms with van der Waals surface area (Å²) in [6.45, 7) is 6.11. The second-order valence-electron chi connectivity index (χ2n) is 6.22. The standard InChI is InChI=1S/C14H18BN5O/c1-14(2)7-17-5-11(14)19-12-9(13(16)21)4-18-20-6-8(15)3-10(12)20/h3-4,6,11,17,19H,5,7H2,1-2H3,(H2,16,21). The molecule has 0 bridgehead atoms. The number of rotatable bonds is 3. The predicted molar refractivity (Wildman–Crippen MR) is 83.2 cm³/mol. The summed E-state index contributed by atoms with van der Waals surface area (Å²) in [4.78, 5) is 11.7. The van der Waals surface area contributed by atoms with Crippen molar-refractivity contribution in [3.8, 4) is 0 Å². The zero-order valence-electron chi connectivity index (χ0n) is 12.2. The summed E-state index contributed by atoms with van der Waals surface area (Å²) in [6.07, 6.45) is 3.19. The highest BCUT2D eigenvalue weighted by molar-refractivity contribution is 6.33. The molecular weight excluding hydrogens is 265 g/mol. The van der Waals surface area contributed by atoms with Gasteiger partial charge in [-0.2, -0.15) is 5.10 Å². The van der Waals surface area contributed by atoms with Gasteiger partial charge in [-0.05, 0) is 11.5 Å². The van der Waals surface area contributed by atoms with E-state index in [2.05, 4.69) is 29.6 Å². The van der Waals surface area contributed by atoms with Gasteiger partial charge < -0.3 is 16.4 Å². The largest absolute Gasteiger partial charge is 0.378 e. The van der Waals surface area contributed by atoms with E-state index in [1.807, 2.05) is 0 Å². The van der Waals surface area contributed by atoms with Crippen LogP contribution in [0, 0.1) is 5.41 Å². The normalized spacial score (nSPS) is 20.8. The molecule has 6 nitrogen and oxygen atoms in total. The van der Waals surface area contributed by atoms with E-state index in [9.17, 15) is 4.79 Å². The molecule has 0 saturated carbocycles. The number of carbonyl (C=O) groups excluding carboxylic acids is 1. The molecule has 0 aliphatic carbocycles. The maximum Gasteiger partial charge on any atom is 0.252 e. The van der Waals surface area contributed by atoms with Gasteiger partial charge in [0.15, 0.2) is 0 Å². The molecule has 21 heavy (non-hydrogen) atoms. The molecule has 0 aromatic carbocycles. The van der Waals surface area contributed by atoms with E-state index in [-0.39, 0.29) is 11.5 Å². The molecule has 1 fully saturated rings. The quantitative estimate of drug-likeness (QED) is 0.671. The minimum atomic E-state index is -0.504. The van der Waals surface area contributed by atoms with Crippen LogP contribution in [0.15, 0.2) is 18.5 Å². The minimum Gasteiger partial charge on any atom is -0.378 e. The van der Waals surface area contributed by atoms with Crippen LogP contribution in [-0.2, 0) is 0 Å². The first-order valence-electron chi connectivity index (χ1n) is 6.92. The summed E-state index contributed by atoms with van der Waals surface area (Å²) in [5.74, 6) is -0.504. The number of amides is 1. The molecule has 1 aliphatic rings. The number of aromatic nitrogens is 2. The van der Waals surface area contributed by atoms with Crippen molar-refractivity contribution in [3.05, 3.63) is 24.0 Å². The van der Waals surface area contributed by atoms with Crippen molar-refractivity contribution in [1.29, 1.82) is 0 Å². The smallest absolute Gasteiger partial charge is 0.252 e. The van der Waals surface area contributed by atoms with Crippen LogP contribution >= 0.6 is 0 Å². The molecule has 3 heterocycles. The maximum atomic E-state index is 11.7. The summed E-state index contributed by atoms with van der Waals surface area (Å²) < 4.78 is 1.65. The average Bonchev–Trinajstić information content (AvgIpc) is 2.92. The number of carbonyl (C=O) groups is 1. The van der Waals surface area contributed by atoms with Gasteiger partial charge in [-0.1, -0.05) is 19.3 Å². The van der Waals surface area contributed by atoms with Gasteiger partial charge in [0.2, 0.25) is 0 Å². The maximum absolute atomic E-state index is 11.7. The van der Waals surface area contributed by atoms with Gasteiger partial charge in [0.25, 0.3) is 5.91 Å². The number of nitrogens with zero attached hydrogens (tertiary/aromatic N) is 2. The first-order valence-corrected chi connectivity index (χ1v) is 6.92. The highest BCUT2D eigenvalue weighted by Gasteiger charge is 2.35. The van der Waals surface area contributed by atoms with Crippen molar-refractivity contribution in [1.82, 2.24) is 14.9 Å². The second-order valence-corrected chi connectivity index (χ2v) is 6.22. The van der Waals surface area contributed by atoms with E-state index in [0.717, 1.165) is 18.6 Å². The molecule has 1 aliphatic heterocycles. The number of fused-ring (bicyclic) bond motifs is 1. The van der Waals surface area contributed by atoms with Crippen molar-refractivity contribution in [2.75, 3.05) is 18.4 Å². The van der Waals surface area contributed by atoms with Crippen LogP contribution in [0.5, 0.6) is 0 Å². The van der Waals surface area contributed by atoms with E-state index in [0.29, 0.717) is 16.7 Å². The van der Waals surface area contributed by atoms with Gasteiger partial charge in [0.05, 0.1) is 23.0 Å². The van der Waals surface area contributed by atoms with Gasteiger partial charge in [0, 0.05) is 25.3 Å². The van der Waals surface area contributed by atoms with Crippen LogP contribution in [0.1, 0.15) is 24.2 Å². The summed E-state index contributed by atoms with van der Waals surface area (Å²) in [6, 6.07) is 1.98. The highest BCUT2D eigenvalue weighted by Crippen LogP contribution is 2.30. The zero-order chi connectivity index (χ0) is 15.2. The molecular formula is C14H18BN5O. The Morgan fingerprint density at radius 2 is 2.38 bits per heavy atom. The Kier molecular flexibility index (Phi) is 3.17. The molecule has 0 spiro atoms. The SMILES string of the molecule is [B]c1cc2c(NC3CNCC3(C)C)c(C(N)=O)cnn2c1. The first kappa shape index (κ1) is 13.9. The van der Waals surface area contributed by atoms with Gasteiger partial charge in [-0.25, -0.2) is 4.52 Å². The summed E-state index contributed by atoms with van der Waals surface area (Å²) in [5.41, 5.74) is 7.97. The van der Waals surface area contributed by atoms with E-state index in [1.54, 1.807) is 16.8 Å². The fourth-order valence-electron chi connectivity index (χ4n) is 2.77. The molecule has 108 valence electrons. The highest BCUT2D eigenvalue weighted by atomic mass is 16.1. The van der Waals surface area contributed by atoms with E-state index in [4.69, 9.17) is 13.6 Å². The third-order valence-electron chi connectivity index (χ3n) is 4.11. The van der Waals surface area contributed by atoms with Crippen LogP contribution in [0.4, 0.5) is 5.69 Å². The van der Waals surface area contributed by atoms with Crippen molar-refractivity contribution in [2.24, 2.45) is 11.1 Å². The van der Waals surface area contributed by atoms with Gasteiger partial charge in [0.1, 0.15) is 7.85 Å². The third kappa shape index (κ3) is 2.38. The Labute approximate surface area is 124 Å². The number of primary amides is 1. The van der Waals surface area contributed by atoms with Crippen LogP contribution in [0.25, 0.3) is 5.52 Å². The van der Waals surface area contributed by atoms with Crippen molar-refractivity contribution >= 4 is 30.4 Å². The van der Waals surface area contributed by atoms with Crippen molar-refractivity contribution in [2.45, 2.75) is 19.9 Å². The number of nitrogens with two attached hydrogens (primary N) is 1. The predicted octanol–water partition coefficient (Wildman–Crippen LogP) is -0.363. The Bertz CT molecular complexity index is 709. The fraction of sp³-hybridized carbons (Fsp3) is 0.429. The number of anilines is 1. The summed E-state index contributed by atoms with van der Waals surface area (Å²) in [5, 5.41) is 11.0. The second kappa shape index (κ2) is 4.77. The first-order chi connectivity index (χ1) is 9.88. The van der Waals surface area contributed by atoms with Crippen LogP contribution in [0.3, 0.4) is 0 Å². The molecule has 1 amide bonds. The van der Waals surface area contributed by atoms with Crippen LogP contribution in [0.2, 0.25) is 0 Å². The molecule has 1 unspecified atom stereocenters. The monoisotopic (exact) mass is 283 g/mol. The Morgan fingerprint density at radius 1 is 1.62 bits per heavy atom. The molecule has 1 atom stereocenters. The Morgan fingerprint density at radius 3 is 3.00 bits per heavy atom. The number of hydrogen-bond acceptors (Lipinski definition) is 4. The lowest BCUT2D eigenvalue weighted by molar-refractivity contribution is 0.100. The van der Waals surface area contributed by atoms with Gasteiger partial charge >= 0.3 is 0 Å². The van der Waals surface area contributed by atoms with E-state index < -0.39 is 5.91 Å². The lowest BCUT2D eigenvalue weighted by Crippen LogP contribution is -2.35. The van der Waals surface area contributed by atoms with Crippen LogP contribution < -0.4 is 21.8 Å². The minimum absolute atomic E-state index is 0.0767. The molecule has 3 rings (SSSR count). The lowest BCUT2D eigenvalue weighted by atomic mass is 9.87. The Hall–Kier alpha value is -2.02. The van der Waals surface area contributed by atoms with Gasteiger partial charge in [-0.3, -0.25) is 4.79 Å². The fourth-order valence-corrected chi connectivity index (χ4v) is 2.77. The zero-order valence-corrected chi connectivity index (χ0v) is 12.2. The van der Waals surface area contributed by atoms with E-state index in [1.165, 1.54) is 6.20 Å². The van der Waals surface area contributed by atoms with Crippen LogP contribution in [-0.4, -0.2) is 42.5 Å². The molecule has 2 radical (unpaired) electrons. The van der Waals surface area contributed by atoms with Crippen molar-refractivity contribution < 1.29 is 4.79 Å². The molecule has 2 aromatic rings. The molecule has 2 aromatic heterocycles. The van der Waals surface area contributed by atoms with Crippen molar-refractivity contribution in [3.63, 3.8) is 0 Å². The summed E-state index contributed by atoms with van der Waals surface area (Å²) >= 11 is 0.